The van der Waals surface area contributed by atoms with Crippen molar-refractivity contribution in [2.24, 2.45) is 11.3 Å². The largest absolute Gasteiger partial charge is 0.504 e. The molecule has 68 heavy (non-hydrogen) atoms. The highest BCUT2D eigenvalue weighted by Crippen LogP contribution is 2.49. The lowest BCUT2D eigenvalue weighted by Crippen LogP contribution is -2.54. The molecule has 2 unspecified atom stereocenters. The predicted molar refractivity (Wildman–Crippen MR) is 257 cm³/mol. The molecule has 5 saturated heterocycles. The van der Waals surface area contributed by atoms with Crippen molar-refractivity contribution in [3.63, 3.8) is 0 Å². The van der Waals surface area contributed by atoms with Gasteiger partial charge in [-0.15, -0.1) is 10.2 Å². The monoisotopic (exact) mass is 931 g/mol. The average Bonchev–Trinajstić information content (AvgIpc) is 3.84. The smallest absolute Gasteiger partial charge is 0.328 e. The molecule has 17 heteroatoms. The van der Waals surface area contributed by atoms with Gasteiger partial charge in [0.05, 0.1) is 29.0 Å². The highest BCUT2D eigenvalue weighted by molar-refractivity contribution is 6.06. The van der Waals surface area contributed by atoms with Crippen molar-refractivity contribution in [2.75, 3.05) is 77.7 Å². The van der Waals surface area contributed by atoms with Crippen LogP contribution in [0.2, 0.25) is 0 Å². The molecule has 2 aromatic carbocycles. The van der Waals surface area contributed by atoms with Crippen LogP contribution in [-0.2, 0) is 11.2 Å². The number of pyridine rings is 1. The molecule has 4 N–H and O–H groups in total. The average molecular weight is 932 g/mol. The number of carbonyl (C=O) groups is 2. The van der Waals surface area contributed by atoms with Gasteiger partial charge in [0.1, 0.15) is 17.3 Å². The summed E-state index contributed by atoms with van der Waals surface area (Å²) >= 11 is 0. The van der Waals surface area contributed by atoms with E-state index in [-0.39, 0.29) is 53.3 Å². The Bertz CT molecular complexity index is 2730. The van der Waals surface area contributed by atoms with Gasteiger partial charge in [0.15, 0.2) is 17.4 Å². The lowest BCUT2D eigenvalue weighted by Gasteiger charge is -2.47. The highest BCUT2D eigenvalue weighted by Gasteiger charge is 2.42. The van der Waals surface area contributed by atoms with Crippen LogP contribution in [0.5, 0.6) is 5.75 Å². The van der Waals surface area contributed by atoms with E-state index in [9.17, 15) is 23.5 Å². The summed E-state index contributed by atoms with van der Waals surface area (Å²) in [5.74, 6) is -2.25. The number of benzene rings is 2. The Morgan fingerprint density at radius 3 is 2.26 bits per heavy atom. The van der Waals surface area contributed by atoms with Crippen LogP contribution in [0, 0.1) is 28.8 Å². The number of nitrogens with zero attached hydrogens (tertiary/aromatic N) is 9. The number of nitrogen functional groups attached to an aromatic ring is 1. The second-order valence-corrected chi connectivity index (χ2v) is 20.3. The van der Waals surface area contributed by atoms with Crippen molar-refractivity contribution in [2.45, 2.75) is 102 Å². The number of carbonyl (C=O) groups excluding carboxylic acids is 2. The molecule has 14 nitrogen and oxygen atoms in total. The Morgan fingerprint density at radius 2 is 1.54 bits per heavy atom. The predicted octanol–water partition coefficient (Wildman–Crippen LogP) is 8.18. The number of aromatic nitrogens is 4. The SMILES string of the molecule is CCc1cn(C2CCC3(CC2)CCN(CC2CCN(c4cc(N5C6CCC5CN(c5cc(-c7cc(F)cc(F)c7O)nnc5N)C6)ccc4F)CC2)CC3)c2ncc(N3CCC(=O)NC3=O)cc12. The number of fused-ring (bicyclic) bond motifs is 3. The zero-order chi connectivity index (χ0) is 46.8. The molecule has 3 amide bonds. The number of imide groups is 1. The molecule has 2 bridgehead atoms. The van der Waals surface area contributed by atoms with Gasteiger partial charge < -0.3 is 35.0 Å². The summed E-state index contributed by atoms with van der Waals surface area (Å²) in [5.41, 5.74) is 12.0. The first-order chi connectivity index (χ1) is 32.9. The van der Waals surface area contributed by atoms with Crippen LogP contribution in [0.4, 0.5) is 46.5 Å². The van der Waals surface area contributed by atoms with Gasteiger partial charge in [0.25, 0.3) is 0 Å². The van der Waals surface area contributed by atoms with Gasteiger partial charge in [-0.3, -0.25) is 15.0 Å². The van der Waals surface area contributed by atoms with E-state index < -0.39 is 17.4 Å². The lowest BCUT2D eigenvalue weighted by molar-refractivity contribution is -0.120. The van der Waals surface area contributed by atoms with Crippen molar-refractivity contribution in [1.82, 2.24) is 30.0 Å². The molecule has 6 fully saturated rings. The molecule has 0 radical (unpaired) electrons. The van der Waals surface area contributed by atoms with Gasteiger partial charge in [0.2, 0.25) is 5.91 Å². The topological polar surface area (TPSA) is 152 Å². The fraction of sp³-hybridized carbons (Fsp3) is 0.510. The summed E-state index contributed by atoms with van der Waals surface area (Å²) < 4.78 is 46.4. The first-order valence-corrected chi connectivity index (χ1v) is 24.6. The summed E-state index contributed by atoms with van der Waals surface area (Å²) in [6.45, 7) is 8.79. The van der Waals surface area contributed by atoms with Crippen LogP contribution in [0.3, 0.4) is 0 Å². The van der Waals surface area contributed by atoms with Gasteiger partial charge in [-0.2, -0.15) is 0 Å². The van der Waals surface area contributed by atoms with Crippen molar-refractivity contribution >= 4 is 51.5 Å². The maximum absolute atomic E-state index is 15.7. The number of urea groups is 1. The van der Waals surface area contributed by atoms with Crippen LogP contribution in [0.25, 0.3) is 22.3 Å². The minimum atomic E-state index is -1.07. The fourth-order valence-corrected chi connectivity index (χ4v) is 12.6. The van der Waals surface area contributed by atoms with Crippen LogP contribution in [0.15, 0.2) is 54.9 Å². The summed E-state index contributed by atoms with van der Waals surface area (Å²) in [5, 5.41) is 22.0. The fourth-order valence-electron chi connectivity index (χ4n) is 12.6. The molecule has 5 aliphatic heterocycles. The van der Waals surface area contributed by atoms with Gasteiger partial charge in [0, 0.05) is 92.7 Å². The number of aromatic hydroxyl groups is 1. The van der Waals surface area contributed by atoms with E-state index in [2.05, 4.69) is 58.9 Å². The third kappa shape index (κ3) is 8.23. The van der Waals surface area contributed by atoms with E-state index in [0.29, 0.717) is 54.5 Å². The van der Waals surface area contributed by atoms with Crippen LogP contribution in [0.1, 0.15) is 89.2 Å². The number of piperidine rings is 2. The summed E-state index contributed by atoms with van der Waals surface area (Å²) in [6, 6.07) is 11.2. The molecule has 11 rings (SSSR count). The van der Waals surface area contributed by atoms with E-state index in [1.54, 1.807) is 23.2 Å². The normalized spacial score (nSPS) is 22.8. The second kappa shape index (κ2) is 17.8. The van der Waals surface area contributed by atoms with E-state index in [1.807, 2.05) is 12.1 Å². The number of anilines is 5. The molecule has 6 aliphatic rings. The Morgan fingerprint density at radius 1 is 0.794 bits per heavy atom. The number of rotatable bonds is 9. The minimum absolute atomic E-state index is 0.0895. The maximum Gasteiger partial charge on any atom is 0.328 e. The van der Waals surface area contributed by atoms with Crippen molar-refractivity contribution in [1.29, 1.82) is 0 Å². The Labute approximate surface area is 394 Å². The van der Waals surface area contributed by atoms with Crippen LogP contribution >= 0.6 is 0 Å². The van der Waals surface area contributed by atoms with E-state index in [4.69, 9.17) is 10.7 Å². The van der Waals surface area contributed by atoms with Crippen LogP contribution in [-0.4, -0.2) is 106 Å². The number of likely N-dealkylation sites (tertiary alicyclic amines) is 1. The number of piperazine rings is 1. The van der Waals surface area contributed by atoms with E-state index in [1.165, 1.54) is 31.2 Å². The third-order valence-electron chi connectivity index (χ3n) is 16.4. The van der Waals surface area contributed by atoms with E-state index in [0.717, 1.165) is 106 Å². The molecule has 1 aliphatic carbocycles. The lowest BCUT2D eigenvalue weighted by atomic mass is 9.67. The number of hydrogen-bond donors (Lipinski definition) is 3. The zero-order valence-electron chi connectivity index (χ0n) is 38.6. The summed E-state index contributed by atoms with van der Waals surface area (Å²) in [6.07, 6.45) is 16.4. The number of halogens is 3. The molecule has 2 atom stereocenters. The maximum atomic E-state index is 15.7. The summed E-state index contributed by atoms with van der Waals surface area (Å²) in [4.78, 5) is 40.3. The van der Waals surface area contributed by atoms with Gasteiger partial charge in [-0.1, -0.05) is 6.92 Å². The van der Waals surface area contributed by atoms with Crippen molar-refractivity contribution < 1.29 is 27.9 Å². The first kappa shape index (κ1) is 44.4. The van der Waals surface area contributed by atoms with Crippen molar-refractivity contribution in [3.05, 3.63) is 77.9 Å². The number of hydrogen-bond acceptors (Lipinski definition) is 11. The second-order valence-electron chi connectivity index (χ2n) is 20.3. The zero-order valence-corrected chi connectivity index (χ0v) is 38.6. The molecule has 5 aromatic rings. The standard InChI is InChI=1S/C51H60F3N11O3/c1-2-32-28-64(49-39(32)23-38(26-56-49)63-18-11-46(66)57-50(63)68)34-7-12-51(13-8-34)14-19-60(20-15-51)27-31-9-16-61(17-10-31)44-24-35(5-6-41(44)53)65-36-3-4-37(65)30-62(29-36)45-25-43(58-59-48(45)55)40-21-33(52)22-42(54)47(40)67/h5-6,21-26,28,31,34,36-37,67H,2-4,7-20,27,29-30H2,1H3,(H2,55,59)(H,57,66,68). The van der Waals surface area contributed by atoms with Crippen LogP contribution < -0.4 is 30.7 Å². The van der Waals surface area contributed by atoms with Gasteiger partial charge in [-0.25, -0.2) is 22.9 Å². The number of aryl methyl sites for hydroxylation is 1. The molecule has 1 spiro atoms. The van der Waals surface area contributed by atoms with Gasteiger partial charge in [-0.05, 0) is 137 Å². The Kier molecular flexibility index (Phi) is 11.6. The minimum Gasteiger partial charge on any atom is -0.504 e. The molecule has 3 aromatic heterocycles. The third-order valence-corrected chi connectivity index (χ3v) is 16.4. The molecular formula is C51H60F3N11O3. The Balaban J connectivity index is 0.674. The number of amides is 3. The number of phenols is 1. The first-order valence-electron chi connectivity index (χ1n) is 24.6. The molecular weight excluding hydrogens is 872 g/mol. The molecule has 358 valence electrons. The van der Waals surface area contributed by atoms with E-state index >= 15 is 4.39 Å². The number of nitrogens with one attached hydrogen (secondary N) is 1. The number of phenolic OH excluding ortho intramolecular Hbond substituents is 1. The number of nitrogens with two attached hydrogens (primary N) is 1. The highest BCUT2D eigenvalue weighted by atomic mass is 19.1. The quantitative estimate of drug-likeness (QED) is 0.131. The molecule has 8 heterocycles. The van der Waals surface area contributed by atoms with Gasteiger partial charge >= 0.3 is 6.03 Å². The van der Waals surface area contributed by atoms with Crippen molar-refractivity contribution in [3.8, 4) is 17.0 Å². The molecule has 1 saturated carbocycles. The Hall–Kier alpha value is -6.10. The summed E-state index contributed by atoms with van der Waals surface area (Å²) in [7, 11) is 0.